The predicted octanol–water partition coefficient (Wildman–Crippen LogP) is 3.36. The van der Waals surface area contributed by atoms with Gasteiger partial charge in [0.1, 0.15) is 0 Å². The van der Waals surface area contributed by atoms with Crippen LogP contribution in [0.25, 0.3) is 0 Å². The third-order valence-electron chi connectivity index (χ3n) is 4.37. The first-order chi connectivity index (χ1) is 10.3. The number of thioether (sulfide) groups is 1. The van der Waals surface area contributed by atoms with Crippen LogP contribution in [0.4, 0.5) is 0 Å². The van der Waals surface area contributed by atoms with Gasteiger partial charge in [-0.15, -0.1) is 24.0 Å². The Labute approximate surface area is 157 Å². The van der Waals surface area contributed by atoms with E-state index in [0.29, 0.717) is 6.10 Å². The smallest absolute Gasteiger partial charge is 0.193 e. The van der Waals surface area contributed by atoms with Crippen molar-refractivity contribution < 1.29 is 4.74 Å². The van der Waals surface area contributed by atoms with E-state index >= 15 is 0 Å². The Morgan fingerprint density at radius 3 is 2.82 bits per heavy atom. The Bertz CT molecular complexity index is 325. The number of halogens is 1. The van der Waals surface area contributed by atoms with Crippen molar-refractivity contribution in [2.45, 2.75) is 56.8 Å². The molecular formula is C16H32IN3OS. The largest absolute Gasteiger partial charge is 0.378 e. The first kappa shape index (κ1) is 20.4. The first-order valence-electron chi connectivity index (χ1n) is 8.52. The highest BCUT2D eigenvalue weighted by Gasteiger charge is 2.21. The molecule has 22 heavy (non-hydrogen) atoms. The van der Waals surface area contributed by atoms with E-state index in [0.717, 1.165) is 43.9 Å². The summed E-state index contributed by atoms with van der Waals surface area (Å²) in [5, 5.41) is 4.25. The van der Waals surface area contributed by atoms with Crippen LogP contribution in [0.15, 0.2) is 4.99 Å². The molecule has 0 aromatic carbocycles. The monoisotopic (exact) mass is 441 g/mol. The maximum Gasteiger partial charge on any atom is 0.193 e. The summed E-state index contributed by atoms with van der Waals surface area (Å²) in [6.45, 7) is 6.35. The molecule has 0 bridgehead atoms. The highest BCUT2D eigenvalue weighted by molar-refractivity contribution is 14.0. The van der Waals surface area contributed by atoms with Crippen LogP contribution in [-0.2, 0) is 4.74 Å². The molecule has 2 fully saturated rings. The van der Waals surface area contributed by atoms with Crippen LogP contribution in [0.2, 0.25) is 0 Å². The fourth-order valence-corrected chi connectivity index (χ4v) is 4.25. The summed E-state index contributed by atoms with van der Waals surface area (Å²) in [7, 11) is 1.89. The van der Waals surface area contributed by atoms with E-state index in [4.69, 9.17) is 4.74 Å². The zero-order chi connectivity index (χ0) is 14.9. The molecule has 2 rings (SSSR count). The molecule has 130 valence electrons. The maximum absolute atomic E-state index is 5.90. The van der Waals surface area contributed by atoms with Crippen molar-refractivity contribution in [3.8, 4) is 0 Å². The van der Waals surface area contributed by atoms with Crippen molar-refractivity contribution in [2.24, 2.45) is 4.99 Å². The van der Waals surface area contributed by atoms with E-state index in [2.05, 4.69) is 33.9 Å². The second kappa shape index (κ2) is 11.8. The second-order valence-electron chi connectivity index (χ2n) is 5.95. The van der Waals surface area contributed by atoms with E-state index in [-0.39, 0.29) is 24.0 Å². The van der Waals surface area contributed by atoms with Crippen LogP contribution in [0.3, 0.4) is 0 Å². The Morgan fingerprint density at radius 1 is 1.36 bits per heavy atom. The minimum atomic E-state index is 0. The van der Waals surface area contributed by atoms with Gasteiger partial charge in [0.25, 0.3) is 0 Å². The number of rotatable bonds is 6. The molecule has 0 radical (unpaired) electrons. The van der Waals surface area contributed by atoms with Gasteiger partial charge in [-0.1, -0.05) is 19.8 Å². The van der Waals surface area contributed by atoms with Gasteiger partial charge in [0.2, 0.25) is 0 Å². The highest BCUT2D eigenvalue weighted by Crippen LogP contribution is 2.21. The summed E-state index contributed by atoms with van der Waals surface area (Å²) in [5.74, 6) is 2.28. The molecule has 1 N–H and O–H groups in total. The van der Waals surface area contributed by atoms with Crippen molar-refractivity contribution in [1.82, 2.24) is 10.2 Å². The van der Waals surface area contributed by atoms with Crippen molar-refractivity contribution in [1.29, 1.82) is 0 Å². The number of hydrogen-bond donors (Lipinski definition) is 1. The fourth-order valence-electron chi connectivity index (χ4n) is 3.07. The molecule has 0 aromatic heterocycles. The molecule has 6 heteroatoms. The molecule has 1 aliphatic heterocycles. The van der Waals surface area contributed by atoms with Gasteiger partial charge in [0, 0.05) is 44.3 Å². The van der Waals surface area contributed by atoms with Crippen molar-refractivity contribution in [3.63, 3.8) is 0 Å². The summed E-state index contributed by atoms with van der Waals surface area (Å²) in [6.07, 6.45) is 8.07. The van der Waals surface area contributed by atoms with Crippen LogP contribution < -0.4 is 5.32 Å². The van der Waals surface area contributed by atoms with Gasteiger partial charge in [-0.05, 0) is 25.7 Å². The summed E-state index contributed by atoms with van der Waals surface area (Å²) in [6, 6.07) is 0. The minimum absolute atomic E-state index is 0. The second-order valence-corrected chi connectivity index (χ2v) is 7.36. The van der Waals surface area contributed by atoms with Crippen LogP contribution >= 0.6 is 35.7 Å². The van der Waals surface area contributed by atoms with E-state index in [9.17, 15) is 0 Å². The molecular weight excluding hydrogens is 409 g/mol. The molecule has 0 spiro atoms. The number of hydrogen-bond acceptors (Lipinski definition) is 3. The minimum Gasteiger partial charge on any atom is -0.378 e. The molecule has 0 amide bonds. The lowest BCUT2D eigenvalue weighted by Crippen LogP contribution is -2.48. The van der Waals surface area contributed by atoms with E-state index < -0.39 is 0 Å². The van der Waals surface area contributed by atoms with Gasteiger partial charge in [-0.25, -0.2) is 0 Å². The highest BCUT2D eigenvalue weighted by atomic mass is 127. The van der Waals surface area contributed by atoms with Gasteiger partial charge in [0.05, 0.1) is 6.10 Å². The zero-order valence-electron chi connectivity index (χ0n) is 14.1. The molecule has 0 aromatic rings. The Morgan fingerprint density at radius 2 is 2.14 bits per heavy atom. The van der Waals surface area contributed by atoms with Gasteiger partial charge in [0.15, 0.2) is 5.96 Å². The molecule has 1 heterocycles. The lowest BCUT2D eigenvalue weighted by Gasteiger charge is -2.34. The van der Waals surface area contributed by atoms with Crippen LogP contribution in [-0.4, -0.2) is 61.3 Å². The number of nitrogens with zero attached hydrogens (tertiary/aromatic N) is 2. The average Bonchev–Trinajstić information content (AvgIpc) is 3.04. The van der Waals surface area contributed by atoms with E-state index in [1.165, 1.54) is 37.9 Å². The molecule has 1 saturated carbocycles. The maximum atomic E-state index is 5.90. The first-order valence-corrected chi connectivity index (χ1v) is 9.57. The zero-order valence-corrected chi connectivity index (χ0v) is 17.2. The summed E-state index contributed by atoms with van der Waals surface area (Å²) >= 11 is 2.10. The Hall–Kier alpha value is 0.310. The third kappa shape index (κ3) is 6.83. The molecule has 1 aliphatic carbocycles. The van der Waals surface area contributed by atoms with Gasteiger partial charge >= 0.3 is 0 Å². The average molecular weight is 441 g/mol. The summed E-state index contributed by atoms with van der Waals surface area (Å²) < 4.78 is 5.90. The molecule has 1 atom stereocenters. The van der Waals surface area contributed by atoms with Crippen molar-refractivity contribution in [2.75, 3.05) is 39.0 Å². The topological polar surface area (TPSA) is 36.9 Å². The number of ether oxygens (including phenoxy) is 1. The van der Waals surface area contributed by atoms with Crippen LogP contribution in [0.5, 0.6) is 0 Å². The third-order valence-corrected chi connectivity index (χ3v) is 5.74. The SMILES string of the molecule is CCC1CN(C(=NC)NCCCOC2CCCC2)CCS1.I. The summed E-state index contributed by atoms with van der Waals surface area (Å²) in [5.41, 5.74) is 0. The van der Waals surface area contributed by atoms with Crippen LogP contribution in [0.1, 0.15) is 45.4 Å². The van der Waals surface area contributed by atoms with Gasteiger partial charge in [-0.2, -0.15) is 11.8 Å². The number of guanidine groups is 1. The quantitative estimate of drug-likeness (QED) is 0.297. The number of aliphatic imine (C=N–C) groups is 1. The van der Waals surface area contributed by atoms with Crippen LogP contribution in [0, 0.1) is 0 Å². The lowest BCUT2D eigenvalue weighted by atomic mass is 10.3. The van der Waals surface area contributed by atoms with Gasteiger partial charge < -0.3 is 15.0 Å². The fraction of sp³-hybridized carbons (Fsp3) is 0.938. The predicted molar refractivity (Wildman–Crippen MR) is 108 cm³/mol. The molecule has 4 nitrogen and oxygen atoms in total. The summed E-state index contributed by atoms with van der Waals surface area (Å²) in [4.78, 5) is 6.84. The lowest BCUT2D eigenvalue weighted by molar-refractivity contribution is 0.0573. The van der Waals surface area contributed by atoms with Gasteiger partial charge in [-0.3, -0.25) is 4.99 Å². The molecule has 1 saturated heterocycles. The van der Waals surface area contributed by atoms with E-state index in [1.54, 1.807) is 0 Å². The Balaban J connectivity index is 0.00000242. The molecule has 2 aliphatic rings. The standard InChI is InChI=1S/C16H31N3OS.HI/c1-3-15-13-19(10-12-21-15)16(17-2)18-9-6-11-20-14-7-4-5-8-14;/h14-15H,3-13H2,1-2H3,(H,17,18);1H. The molecule has 1 unspecified atom stereocenters. The van der Waals surface area contributed by atoms with Crippen molar-refractivity contribution >= 4 is 41.7 Å². The van der Waals surface area contributed by atoms with Crippen molar-refractivity contribution in [3.05, 3.63) is 0 Å². The number of nitrogens with one attached hydrogen (secondary N) is 1. The normalized spacial score (nSPS) is 23.5. The van der Waals surface area contributed by atoms with E-state index in [1.807, 2.05) is 7.05 Å². The Kier molecular flexibility index (Phi) is 10.9.